The van der Waals surface area contributed by atoms with Crippen LogP contribution in [-0.4, -0.2) is 22.0 Å². The van der Waals surface area contributed by atoms with Gasteiger partial charge >= 0.3 is 6.03 Å². The molecule has 2 aromatic rings. The quantitative estimate of drug-likeness (QED) is 0.873. The lowest BCUT2D eigenvalue weighted by atomic mass is 10.1. The Morgan fingerprint density at radius 1 is 1.29 bits per heavy atom. The second-order valence-corrected chi connectivity index (χ2v) is 5.12. The zero-order chi connectivity index (χ0) is 14.8. The van der Waals surface area contributed by atoms with Gasteiger partial charge in [-0.2, -0.15) is 5.26 Å². The van der Waals surface area contributed by atoms with Crippen LogP contribution in [0.15, 0.2) is 42.6 Å². The average Bonchev–Trinajstić information content (AvgIpc) is 2.98. The Kier molecular flexibility index (Phi) is 3.36. The molecule has 0 saturated carbocycles. The van der Waals surface area contributed by atoms with E-state index in [1.54, 1.807) is 24.3 Å². The first-order valence-electron chi connectivity index (χ1n) is 6.92. The molecule has 1 atom stereocenters. The third-order valence-electron chi connectivity index (χ3n) is 3.87. The van der Waals surface area contributed by atoms with Crippen LogP contribution in [0.3, 0.4) is 0 Å². The van der Waals surface area contributed by atoms with Crippen molar-refractivity contribution in [3.63, 3.8) is 0 Å². The van der Waals surface area contributed by atoms with Crippen molar-refractivity contribution in [2.45, 2.75) is 19.5 Å². The fourth-order valence-corrected chi connectivity index (χ4v) is 2.68. The van der Waals surface area contributed by atoms with Crippen molar-refractivity contribution < 1.29 is 4.79 Å². The maximum Gasteiger partial charge on any atom is 0.322 e. The highest BCUT2D eigenvalue weighted by molar-refractivity contribution is 5.89. The summed E-state index contributed by atoms with van der Waals surface area (Å²) < 4.78 is 2.18. The molecule has 5 heteroatoms. The van der Waals surface area contributed by atoms with Crippen molar-refractivity contribution >= 4 is 11.7 Å². The molecule has 0 unspecified atom stereocenters. The molecule has 0 saturated heterocycles. The number of urea groups is 1. The second kappa shape index (κ2) is 5.33. The molecule has 0 radical (unpaired) electrons. The summed E-state index contributed by atoms with van der Waals surface area (Å²) >= 11 is 0. The largest absolute Gasteiger partial charge is 0.348 e. The Hall–Kier alpha value is -2.74. The van der Waals surface area contributed by atoms with Crippen molar-refractivity contribution in [1.29, 1.82) is 5.26 Å². The predicted molar refractivity (Wildman–Crippen MR) is 79.7 cm³/mol. The standard InChI is InChI=1S/C16H16N4O/c1-12-15-3-2-8-19(15)9-10-20(12)16(21)18-14-6-4-13(11-17)5-7-14/h2-8,12H,9-10H2,1H3,(H,18,21)/t12-/m0/s1. The van der Waals surface area contributed by atoms with Gasteiger partial charge in [-0.05, 0) is 43.3 Å². The molecule has 21 heavy (non-hydrogen) atoms. The Balaban J connectivity index is 1.72. The highest BCUT2D eigenvalue weighted by atomic mass is 16.2. The van der Waals surface area contributed by atoms with Crippen LogP contribution in [0.25, 0.3) is 0 Å². The van der Waals surface area contributed by atoms with Gasteiger partial charge in [0.15, 0.2) is 0 Å². The molecule has 106 valence electrons. The lowest BCUT2D eigenvalue weighted by molar-refractivity contribution is 0.175. The van der Waals surface area contributed by atoms with Crippen molar-refractivity contribution in [2.75, 3.05) is 11.9 Å². The molecule has 3 rings (SSSR count). The van der Waals surface area contributed by atoms with Gasteiger partial charge in [0.1, 0.15) is 0 Å². The number of aromatic nitrogens is 1. The fourth-order valence-electron chi connectivity index (χ4n) is 2.68. The third kappa shape index (κ3) is 2.48. The molecule has 0 bridgehead atoms. The number of carbonyl (C=O) groups is 1. The third-order valence-corrected chi connectivity index (χ3v) is 3.87. The highest BCUT2D eigenvalue weighted by Gasteiger charge is 2.27. The summed E-state index contributed by atoms with van der Waals surface area (Å²) in [6.07, 6.45) is 2.04. The minimum absolute atomic E-state index is 0.0483. The Morgan fingerprint density at radius 3 is 2.76 bits per heavy atom. The molecular weight excluding hydrogens is 264 g/mol. The van der Waals surface area contributed by atoms with E-state index < -0.39 is 0 Å². The van der Waals surface area contributed by atoms with Crippen LogP contribution in [-0.2, 0) is 6.54 Å². The van der Waals surface area contributed by atoms with Crippen molar-refractivity contribution in [2.24, 2.45) is 0 Å². The van der Waals surface area contributed by atoms with E-state index in [0.717, 1.165) is 12.2 Å². The number of anilines is 1. The number of nitrogens with one attached hydrogen (secondary N) is 1. The van der Waals surface area contributed by atoms with Crippen LogP contribution in [0.4, 0.5) is 10.5 Å². The minimum Gasteiger partial charge on any atom is -0.348 e. The van der Waals surface area contributed by atoms with E-state index in [1.807, 2.05) is 30.2 Å². The van der Waals surface area contributed by atoms with Gasteiger partial charge in [-0.15, -0.1) is 0 Å². The zero-order valence-corrected chi connectivity index (χ0v) is 11.8. The first-order chi connectivity index (χ1) is 10.2. The van der Waals surface area contributed by atoms with E-state index in [4.69, 9.17) is 5.26 Å². The number of benzene rings is 1. The molecule has 5 nitrogen and oxygen atoms in total. The molecule has 1 aliphatic heterocycles. The summed E-state index contributed by atoms with van der Waals surface area (Å²) in [7, 11) is 0. The molecule has 0 spiro atoms. The van der Waals surface area contributed by atoms with Crippen molar-refractivity contribution in [3.8, 4) is 6.07 Å². The predicted octanol–water partition coefficient (Wildman–Crippen LogP) is 2.97. The number of fused-ring (bicyclic) bond motifs is 1. The normalized spacial score (nSPS) is 17.0. The molecule has 1 aliphatic rings. The minimum atomic E-state index is -0.111. The molecule has 1 N–H and O–H groups in total. The number of carbonyl (C=O) groups excluding carboxylic acids is 1. The summed E-state index contributed by atoms with van der Waals surface area (Å²) in [6, 6.07) is 12.9. The van der Waals surface area contributed by atoms with Gasteiger partial charge in [-0.1, -0.05) is 0 Å². The number of hydrogen-bond acceptors (Lipinski definition) is 2. The summed E-state index contributed by atoms with van der Waals surface area (Å²) in [5.74, 6) is 0. The highest BCUT2D eigenvalue weighted by Crippen LogP contribution is 2.26. The van der Waals surface area contributed by atoms with Gasteiger partial charge in [0.2, 0.25) is 0 Å². The molecule has 0 aliphatic carbocycles. The summed E-state index contributed by atoms with van der Waals surface area (Å²) in [4.78, 5) is 14.2. The van der Waals surface area contributed by atoms with Gasteiger partial charge < -0.3 is 14.8 Å². The van der Waals surface area contributed by atoms with E-state index in [2.05, 4.69) is 16.0 Å². The maximum absolute atomic E-state index is 12.4. The Bertz CT molecular complexity index is 696. The van der Waals surface area contributed by atoms with E-state index in [9.17, 15) is 4.79 Å². The topological polar surface area (TPSA) is 61.1 Å². The van der Waals surface area contributed by atoms with Crippen LogP contribution in [0.1, 0.15) is 24.2 Å². The van der Waals surface area contributed by atoms with Gasteiger partial charge in [-0.25, -0.2) is 4.79 Å². The molecular formula is C16H16N4O. The number of nitriles is 1. The van der Waals surface area contributed by atoms with Gasteiger partial charge in [-0.3, -0.25) is 0 Å². The fraction of sp³-hybridized carbons (Fsp3) is 0.250. The Labute approximate surface area is 123 Å². The van der Waals surface area contributed by atoms with E-state index in [1.165, 1.54) is 0 Å². The smallest absolute Gasteiger partial charge is 0.322 e. The van der Waals surface area contributed by atoms with Gasteiger partial charge in [0.25, 0.3) is 0 Å². The molecule has 0 fully saturated rings. The SMILES string of the molecule is C[C@H]1c2cccn2CCN1C(=O)Nc1ccc(C#N)cc1. The zero-order valence-electron chi connectivity index (χ0n) is 11.8. The lowest BCUT2D eigenvalue weighted by Gasteiger charge is -2.34. The second-order valence-electron chi connectivity index (χ2n) is 5.12. The number of amides is 2. The summed E-state index contributed by atoms with van der Waals surface area (Å²) in [5, 5.41) is 11.7. The van der Waals surface area contributed by atoms with Crippen LogP contribution < -0.4 is 5.32 Å². The molecule has 2 amide bonds. The number of hydrogen-bond donors (Lipinski definition) is 1. The monoisotopic (exact) mass is 280 g/mol. The van der Waals surface area contributed by atoms with E-state index in [0.29, 0.717) is 17.8 Å². The van der Waals surface area contributed by atoms with Crippen LogP contribution in [0, 0.1) is 11.3 Å². The van der Waals surface area contributed by atoms with E-state index >= 15 is 0 Å². The Morgan fingerprint density at radius 2 is 2.05 bits per heavy atom. The van der Waals surface area contributed by atoms with Crippen LogP contribution in [0.5, 0.6) is 0 Å². The first kappa shape index (κ1) is 13.3. The lowest BCUT2D eigenvalue weighted by Crippen LogP contribution is -2.42. The van der Waals surface area contributed by atoms with Gasteiger partial charge in [0.05, 0.1) is 17.7 Å². The van der Waals surface area contributed by atoms with Crippen LogP contribution in [0.2, 0.25) is 0 Å². The molecule has 1 aromatic heterocycles. The van der Waals surface area contributed by atoms with E-state index in [-0.39, 0.29) is 12.1 Å². The molecule has 1 aromatic carbocycles. The van der Waals surface area contributed by atoms with Crippen molar-refractivity contribution in [3.05, 3.63) is 53.9 Å². The summed E-state index contributed by atoms with van der Waals surface area (Å²) in [6.45, 7) is 3.53. The van der Waals surface area contributed by atoms with Crippen molar-refractivity contribution in [1.82, 2.24) is 9.47 Å². The number of rotatable bonds is 1. The number of nitrogens with zero attached hydrogens (tertiary/aromatic N) is 3. The van der Waals surface area contributed by atoms with Crippen LogP contribution >= 0.6 is 0 Å². The maximum atomic E-state index is 12.4. The molecule has 2 heterocycles. The first-order valence-corrected chi connectivity index (χ1v) is 6.92. The van der Waals surface area contributed by atoms with Gasteiger partial charge in [0, 0.05) is 30.7 Å². The average molecular weight is 280 g/mol. The summed E-state index contributed by atoms with van der Waals surface area (Å²) in [5.41, 5.74) is 2.43.